The zero-order chi connectivity index (χ0) is 20.4. The highest BCUT2D eigenvalue weighted by Crippen LogP contribution is 2.32. The molecule has 1 aliphatic carbocycles. The molecule has 2 N–H and O–H groups in total. The Hall–Kier alpha value is -3.15. The topological polar surface area (TPSA) is 72.6 Å². The molecule has 1 amide bonds. The second kappa shape index (κ2) is 8.07. The molecule has 0 saturated heterocycles. The molecule has 6 heteroatoms. The molecule has 0 saturated carbocycles. The average molecular weight is 394 g/mol. The molecule has 0 bridgehead atoms. The molecule has 0 aliphatic heterocycles. The number of fused-ring (bicyclic) bond motifs is 3. The van der Waals surface area contributed by atoms with Crippen molar-refractivity contribution < 1.29 is 19.0 Å². The minimum Gasteiger partial charge on any atom is -0.497 e. The van der Waals surface area contributed by atoms with Gasteiger partial charge in [0.25, 0.3) is 0 Å². The van der Waals surface area contributed by atoms with Crippen molar-refractivity contribution in [3.8, 4) is 17.2 Å². The van der Waals surface area contributed by atoms with Crippen LogP contribution in [-0.4, -0.2) is 38.3 Å². The van der Waals surface area contributed by atoms with Crippen LogP contribution in [-0.2, 0) is 24.1 Å². The Balaban J connectivity index is 1.35. The summed E-state index contributed by atoms with van der Waals surface area (Å²) in [5.74, 6) is 2.29. The third kappa shape index (κ3) is 3.88. The summed E-state index contributed by atoms with van der Waals surface area (Å²) in [5, 5.41) is 4.36. The van der Waals surface area contributed by atoms with E-state index in [-0.39, 0.29) is 11.9 Å². The normalized spacial score (nSPS) is 15.2. The highest BCUT2D eigenvalue weighted by atomic mass is 16.5. The number of aromatic nitrogens is 1. The highest BCUT2D eigenvalue weighted by Gasteiger charge is 2.26. The molecule has 1 aromatic heterocycles. The lowest BCUT2D eigenvalue weighted by molar-refractivity contribution is -0.121. The number of amides is 1. The van der Waals surface area contributed by atoms with Crippen molar-refractivity contribution in [2.24, 2.45) is 0 Å². The zero-order valence-corrected chi connectivity index (χ0v) is 17.0. The lowest BCUT2D eigenvalue weighted by Crippen LogP contribution is -2.35. The Kier molecular flexibility index (Phi) is 5.34. The lowest BCUT2D eigenvalue weighted by atomic mass is 10.1. The number of hydrogen-bond donors (Lipinski definition) is 2. The number of ether oxygens (including phenoxy) is 3. The number of carbonyl (C=O) groups is 1. The van der Waals surface area contributed by atoms with Gasteiger partial charge in [-0.2, -0.15) is 0 Å². The van der Waals surface area contributed by atoms with Crippen LogP contribution in [0.3, 0.4) is 0 Å². The number of hydrogen-bond acceptors (Lipinski definition) is 4. The van der Waals surface area contributed by atoms with Gasteiger partial charge in [0.05, 0.1) is 21.3 Å². The van der Waals surface area contributed by atoms with Crippen LogP contribution in [0.5, 0.6) is 17.2 Å². The van der Waals surface area contributed by atoms with Crippen LogP contribution in [0.15, 0.2) is 36.4 Å². The van der Waals surface area contributed by atoms with Crippen molar-refractivity contribution in [3.05, 3.63) is 53.2 Å². The second-order valence-electron chi connectivity index (χ2n) is 7.36. The minimum atomic E-state index is 0.0665. The second-order valence-corrected chi connectivity index (χ2v) is 7.36. The first-order valence-electron chi connectivity index (χ1n) is 9.79. The molecule has 0 radical (unpaired) electrons. The van der Waals surface area contributed by atoms with Crippen molar-refractivity contribution in [3.63, 3.8) is 0 Å². The molecule has 2 aromatic carbocycles. The molecule has 0 fully saturated rings. The summed E-state index contributed by atoms with van der Waals surface area (Å²) in [7, 11) is 4.90. The molecule has 1 atom stereocenters. The van der Waals surface area contributed by atoms with Crippen LogP contribution in [0.25, 0.3) is 10.9 Å². The molecule has 152 valence electrons. The first-order chi connectivity index (χ1) is 14.1. The number of rotatable bonds is 7. The van der Waals surface area contributed by atoms with Gasteiger partial charge in [0.1, 0.15) is 5.75 Å². The fraction of sp³-hybridized carbons (Fsp3) is 0.348. The third-order valence-electron chi connectivity index (χ3n) is 5.56. The lowest BCUT2D eigenvalue weighted by Gasteiger charge is -2.13. The summed E-state index contributed by atoms with van der Waals surface area (Å²) in [4.78, 5) is 16.0. The molecule has 1 heterocycles. The number of H-pyrrole nitrogens is 1. The first-order valence-corrected chi connectivity index (χ1v) is 9.79. The number of carbonyl (C=O) groups excluding carboxylic acids is 1. The van der Waals surface area contributed by atoms with E-state index in [9.17, 15) is 4.79 Å². The monoisotopic (exact) mass is 394 g/mol. The van der Waals surface area contributed by atoms with Crippen LogP contribution in [0.1, 0.15) is 23.2 Å². The third-order valence-corrected chi connectivity index (χ3v) is 5.56. The molecule has 3 aromatic rings. The van der Waals surface area contributed by atoms with Gasteiger partial charge in [0.15, 0.2) is 11.5 Å². The Bertz CT molecular complexity index is 1040. The maximum atomic E-state index is 12.5. The van der Waals surface area contributed by atoms with E-state index in [1.165, 1.54) is 16.6 Å². The number of aryl methyl sites for hydroxylation is 1. The van der Waals surface area contributed by atoms with Crippen molar-refractivity contribution in [2.75, 3.05) is 21.3 Å². The minimum absolute atomic E-state index is 0.0665. The van der Waals surface area contributed by atoms with Crippen molar-refractivity contribution >= 4 is 16.8 Å². The van der Waals surface area contributed by atoms with Crippen molar-refractivity contribution in [2.45, 2.75) is 31.7 Å². The van der Waals surface area contributed by atoms with E-state index < -0.39 is 0 Å². The smallest absolute Gasteiger partial charge is 0.220 e. The van der Waals surface area contributed by atoms with Crippen LogP contribution in [0, 0.1) is 0 Å². The van der Waals surface area contributed by atoms with E-state index in [1.54, 1.807) is 21.3 Å². The van der Waals surface area contributed by atoms with Gasteiger partial charge in [-0.15, -0.1) is 0 Å². The van der Waals surface area contributed by atoms with Gasteiger partial charge >= 0.3 is 0 Å². The van der Waals surface area contributed by atoms with Crippen molar-refractivity contribution in [1.82, 2.24) is 10.3 Å². The maximum Gasteiger partial charge on any atom is 0.220 e. The van der Waals surface area contributed by atoms with Crippen LogP contribution < -0.4 is 19.5 Å². The number of nitrogens with one attached hydrogen (secondary N) is 2. The van der Waals surface area contributed by atoms with Gasteiger partial charge in [-0.1, -0.05) is 6.07 Å². The van der Waals surface area contributed by atoms with Gasteiger partial charge < -0.3 is 24.5 Å². The molecular formula is C23H26N2O4. The highest BCUT2D eigenvalue weighted by molar-refractivity contribution is 5.87. The van der Waals surface area contributed by atoms with Gasteiger partial charge in [0, 0.05) is 35.5 Å². The summed E-state index contributed by atoms with van der Waals surface area (Å²) >= 11 is 0. The summed E-state index contributed by atoms with van der Waals surface area (Å²) in [6, 6.07) is 12.0. The number of methoxy groups -OCH3 is 3. The molecule has 29 heavy (non-hydrogen) atoms. The average Bonchev–Trinajstić information content (AvgIpc) is 3.28. The van der Waals surface area contributed by atoms with E-state index >= 15 is 0 Å². The summed E-state index contributed by atoms with van der Waals surface area (Å²) in [5.41, 5.74) is 4.66. The van der Waals surface area contributed by atoms with Gasteiger partial charge in [0.2, 0.25) is 5.91 Å². The SMILES string of the molecule is COc1ccc2[nH]c3c(c2c1)CC(NC(=O)CCc1ccc(OC)c(OC)c1)C3. The fourth-order valence-corrected chi connectivity index (χ4v) is 4.08. The molecule has 6 nitrogen and oxygen atoms in total. The van der Waals surface area contributed by atoms with Gasteiger partial charge in [-0.05, 0) is 54.3 Å². The predicted molar refractivity (Wildman–Crippen MR) is 112 cm³/mol. The predicted octanol–water partition coefficient (Wildman–Crippen LogP) is 3.41. The molecule has 4 rings (SSSR count). The van der Waals surface area contributed by atoms with Crippen LogP contribution >= 0.6 is 0 Å². The Morgan fingerprint density at radius 2 is 1.86 bits per heavy atom. The standard InChI is InChI=1S/C23H26N2O4/c1-27-16-6-7-19-18(13-16)17-11-15(12-20(17)25-19)24-23(26)9-5-14-4-8-21(28-2)22(10-14)29-3/h4,6-8,10,13,15,25H,5,9,11-12H2,1-3H3,(H,24,26). The van der Waals surface area contributed by atoms with E-state index in [2.05, 4.69) is 16.4 Å². The Labute approximate surface area is 170 Å². The summed E-state index contributed by atoms with van der Waals surface area (Å²) < 4.78 is 15.9. The van der Waals surface area contributed by atoms with Gasteiger partial charge in [-0.25, -0.2) is 0 Å². The zero-order valence-electron chi connectivity index (χ0n) is 17.0. The van der Waals surface area contributed by atoms with Crippen LogP contribution in [0.2, 0.25) is 0 Å². The van der Waals surface area contributed by atoms with Crippen molar-refractivity contribution in [1.29, 1.82) is 0 Å². The van der Waals surface area contributed by atoms with E-state index in [1.807, 2.05) is 30.3 Å². The number of aromatic amines is 1. The maximum absolute atomic E-state index is 12.5. The van der Waals surface area contributed by atoms with Gasteiger partial charge in [-0.3, -0.25) is 4.79 Å². The van der Waals surface area contributed by atoms with E-state index in [0.29, 0.717) is 24.3 Å². The summed E-state index contributed by atoms with van der Waals surface area (Å²) in [6.45, 7) is 0. The Morgan fingerprint density at radius 3 is 2.62 bits per heavy atom. The molecule has 0 spiro atoms. The summed E-state index contributed by atoms with van der Waals surface area (Å²) in [6.07, 6.45) is 2.76. The van der Waals surface area contributed by atoms with E-state index in [0.717, 1.165) is 29.7 Å². The quantitative estimate of drug-likeness (QED) is 0.644. The molecule has 1 unspecified atom stereocenters. The largest absolute Gasteiger partial charge is 0.497 e. The number of benzene rings is 2. The van der Waals surface area contributed by atoms with Crippen LogP contribution in [0.4, 0.5) is 0 Å². The first kappa shape index (κ1) is 19.2. The molecular weight excluding hydrogens is 368 g/mol. The Morgan fingerprint density at radius 1 is 1.03 bits per heavy atom. The van der Waals surface area contributed by atoms with E-state index in [4.69, 9.17) is 14.2 Å². The molecule has 1 aliphatic rings. The fourth-order valence-electron chi connectivity index (χ4n) is 4.08.